The van der Waals surface area contributed by atoms with Gasteiger partial charge in [-0.3, -0.25) is 4.98 Å². The maximum atomic E-state index is 13.5. The number of aromatic nitrogens is 4. The first kappa shape index (κ1) is 23.4. The Morgan fingerprint density at radius 1 is 1.15 bits per heavy atom. The minimum absolute atomic E-state index is 0.0175. The maximum Gasteiger partial charge on any atom is 0.418 e. The summed E-state index contributed by atoms with van der Waals surface area (Å²) in [5, 5.41) is 3.14. The average Bonchev–Trinajstić information content (AvgIpc) is 2.80. The molecule has 0 amide bonds. The largest absolute Gasteiger partial charge is 0.418 e. The van der Waals surface area contributed by atoms with Gasteiger partial charge in [0.15, 0.2) is 11.6 Å². The molecule has 0 aliphatic carbocycles. The highest BCUT2D eigenvalue weighted by molar-refractivity contribution is 5.82. The van der Waals surface area contributed by atoms with Crippen molar-refractivity contribution in [2.45, 2.75) is 32.0 Å². The number of alkyl halides is 3. The van der Waals surface area contributed by atoms with Crippen LogP contribution in [0.25, 0.3) is 17.1 Å². The zero-order valence-corrected chi connectivity index (χ0v) is 18.6. The summed E-state index contributed by atoms with van der Waals surface area (Å²) in [4.78, 5) is 19.0. The maximum absolute atomic E-state index is 13.5. The lowest BCUT2D eigenvalue weighted by Gasteiger charge is -2.33. The first-order chi connectivity index (χ1) is 16.1. The molecule has 1 aliphatic heterocycles. The van der Waals surface area contributed by atoms with Gasteiger partial charge >= 0.3 is 6.18 Å². The van der Waals surface area contributed by atoms with Crippen molar-refractivity contribution >= 4 is 23.0 Å². The lowest BCUT2D eigenvalue weighted by molar-refractivity contribution is -0.137. The van der Waals surface area contributed by atoms with Crippen LogP contribution in [0.3, 0.4) is 0 Å². The van der Waals surface area contributed by atoms with E-state index in [1.807, 2.05) is 19.1 Å². The van der Waals surface area contributed by atoms with Crippen LogP contribution in [0, 0.1) is 6.92 Å². The van der Waals surface area contributed by atoms with Crippen molar-refractivity contribution in [1.29, 1.82) is 0 Å². The normalized spacial score (nSPS) is 14.8. The topological polar surface area (TPSA) is 119 Å². The van der Waals surface area contributed by atoms with Crippen LogP contribution in [0.2, 0.25) is 0 Å². The fourth-order valence-corrected chi connectivity index (χ4v) is 3.81. The fourth-order valence-electron chi connectivity index (χ4n) is 3.81. The fraction of sp³-hybridized carbons (Fsp3) is 0.304. The van der Waals surface area contributed by atoms with Crippen LogP contribution in [0.5, 0.6) is 0 Å². The molecule has 0 radical (unpaired) electrons. The summed E-state index contributed by atoms with van der Waals surface area (Å²) in [6.07, 6.45) is -0.444. The van der Waals surface area contributed by atoms with Crippen LogP contribution in [0.15, 0.2) is 43.2 Å². The molecule has 4 rings (SSSR count). The van der Waals surface area contributed by atoms with Crippen molar-refractivity contribution in [3.05, 3.63) is 60.2 Å². The lowest BCUT2D eigenvalue weighted by Crippen LogP contribution is -2.40. The van der Waals surface area contributed by atoms with Crippen LogP contribution < -0.4 is 21.7 Å². The molecule has 11 heteroatoms. The summed E-state index contributed by atoms with van der Waals surface area (Å²) in [5.41, 5.74) is 12.7. The molecule has 3 aromatic rings. The van der Waals surface area contributed by atoms with Gasteiger partial charge in [-0.2, -0.15) is 13.2 Å². The van der Waals surface area contributed by atoms with E-state index in [-0.39, 0.29) is 34.6 Å². The average molecular weight is 471 g/mol. The predicted octanol–water partition coefficient (Wildman–Crippen LogP) is 3.85. The summed E-state index contributed by atoms with van der Waals surface area (Å²) in [7, 11) is 0. The Morgan fingerprint density at radius 2 is 1.88 bits per heavy atom. The van der Waals surface area contributed by atoms with Crippen molar-refractivity contribution in [1.82, 2.24) is 19.9 Å². The number of nitrogens with two attached hydrogens (primary N) is 2. The molecule has 8 nitrogen and oxygen atoms in total. The van der Waals surface area contributed by atoms with E-state index in [9.17, 15) is 13.2 Å². The van der Waals surface area contributed by atoms with Gasteiger partial charge in [0.1, 0.15) is 17.1 Å². The molecule has 0 saturated carbocycles. The van der Waals surface area contributed by atoms with Crippen LogP contribution in [0.4, 0.5) is 30.5 Å². The Labute approximate surface area is 194 Å². The minimum Gasteiger partial charge on any atom is -0.382 e. The molecule has 1 aliphatic rings. The van der Waals surface area contributed by atoms with E-state index in [1.54, 1.807) is 0 Å². The Kier molecular flexibility index (Phi) is 6.38. The first-order valence-corrected chi connectivity index (χ1v) is 10.7. The monoisotopic (exact) mass is 470 g/mol. The molecule has 4 heterocycles. The van der Waals surface area contributed by atoms with Gasteiger partial charge in [-0.1, -0.05) is 6.58 Å². The number of anilines is 3. The number of nitrogen functional groups attached to an aromatic ring is 1. The van der Waals surface area contributed by atoms with Crippen LogP contribution in [-0.4, -0.2) is 39.1 Å². The SMILES string of the molecule is C=C(Nc1nc(C)ccc1N1CCC(N)CC1)c1nc(-c2ncccc2C(F)(F)F)cnc1N. The molecule has 3 aromatic heterocycles. The lowest BCUT2D eigenvalue weighted by atomic mass is 10.1. The molecule has 5 N–H and O–H groups in total. The second-order valence-electron chi connectivity index (χ2n) is 8.13. The Balaban J connectivity index is 1.67. The van der Waals surface area contributed by atoms with Crippen LogP contribution in [-0.2, 0) is 6.18 Å². The van der Waals surface area contributed by atoms with E-state index in [2.05, 4.69) is 36.7 Å². The number of rotatable bonds is 5. The zero-order valence-electron chi connectivity index (χ0n) is 18.6. The highest BCUT2D eigenvalue weighted by Crippen LogP contribution is 2.36. The van der Waals surface area contributed by atoms with Crippen molar-refractivity contribution in [3.8, 4) is 11.4 Å². The van der Waals surface area contributed by atoms with Gasteiger partial charge in [0.2, 0.25) is 0 Å². The van der Waals surface area contributed by atoms with E-state index in [4.69, 9.17) is 11.5 Å². The van der Waals surface area contributed by atoms with Crippen molar-refractivity contribution in [2.75, 3.05) is 29.0 Å². The van der Waals surface area contributed by atoms with Gasteiger partial charge in [0.25, 0.3) is 0 Å². The molecule has 1 saturated heterocycles. The molecule has 34 heavy (non-hydrogen) atoms. The number of hydrogen-bond donors (Lipinski definition) is 3. The number of halogens is 3. The molecule has 1 fully saturated rings. The van der Waals surface area contributed by atoms with Crippen molar-refractivity contribution < 1.29 is 13.2 Å². The number of nitrogens with zero attached hydrogens (tertiary/aromatic N) is 5. The molecule has 0 aromatic carbocycles. The third-order valence-electron chi connectivity index (χ3n) is 5.61. The Hall–Kier alpha value is -3.73. The van der Waals surface area contributed by atoms with Gasteiger partial charge in [-0.25, -0.2) is 15.0 Å². The van der Waals surface area contributed by atoms with Crippen LogP contribution in [0.1, 0.15) is 29.8 Å². The third kappa shape index (κ3) is 4.93. The third-order valence-corrected chi connectivity index (χ3v) is 5.61. The smallest absolute Gasteiger partial charge is 0.382 e. The summed E-state index contributed by atoms with van der Waals surface area (Å²) < 4.78 is 40.4. The van der Waals surface area contributed by atoms with Crippen LogP contribution >= 0.6 is 0 Å². The highest BCUT2D eigenvalue weighted by Gasteiger charge is 2.35. The van der Waals surface area contributed by atoms with Gasteiger partial charge in [-0.15, -0.1) is 0 Å². The Morgan fingerprint density at radius 3 is 2.59 bits per heavy atom. The molecule has 0 unspecified atom stereocenters. The summed E-state index contributed by atoms with van der Waals surface area (Å²) in [5.74, 6) is 0.560. The minimum atomic E-state index is -4.60. The summed E-state index contributed by atoms with van der Waals surface area (Å²) in [6.45, 7) is 7.42. The quantitative estimate of drug-likeness (QED) is 0.515. The second-order valence-corrected chi connectivity index (χ2v) is 8.13. The van der Waals surface area contributed by atoms with Gasteiger partial charge < -0.3 is 21.7 Å². The number of piperidine rings is 1. The molecule has 0 spiro atoms. The van der Waals surface area contributed by atoms with E-state index in [1.165, 1.54) is 12.3 Å². The van der Waals surface area contributed by atoms with Gasteiger partial charge in [0.05, 0.1) is 23.1 Å². The molecule has 178 valence electrons. The first-order valence-electron chi connectivity index (χ1n) is 10.7. The summed E-state index contributed by atoms with van der Waals surface area (Å²) in [6, 6.07) is 6.21. The number of aryl methyl sites for hydroxylation is 1. The van der Waals surface area contributed by atoms with Crippen molar-refractivity contribution in [2.24, 2.45) is 5.73 Å². The number of pyridine rings is 2. The van der Waals surface area contributed by atoms with Crippen molar-refractivity contribution in [3.63, 3.8) is 0 Å². The van der Waals surface area contributed by atoms with E-state index in [0.717, 1.165) is 49.6 Å². The van der Waals surface area contributed by atoms with E-state index in [0.29, 0.717) is 5.82 Å². The van der Waals surface area contributed by atoms with Gasteiger partial charge in [-0.05, 0) is 44.0 Å². The number of hydrogen-bond acceptors (Lipinski definition) is 8. The zero-order chi connectivity index (χ0) is 24.5. The molecule has 0 bridgehead atoms. The van der Waals surface area contributed by atoms with E-state index < -0.39 is 11.7 Å². The highest BCUT2D eigenvalue weighted by atomic mass is 19.4. The molecular weight excluding hydrogens is 445 g/mol. The number of nitrogens with one attached hydrogen (secondary N) is 1. The second kappa shape index (κ2) is 9.26. The Bertz CT molecular complexity index is 1200. The molecule has 0 atom stereocenters. The molecular formula is C23H25F3N8. The van der Waals surface area contributed by atoms with E-state index >= 15 is 0 Å². The van der Waals surface area contributed by atoms with Gasteiger partial charge in [0, 0.05) is 31.0 Å². The standard InChI is InChI=1S/C23H25F3N8/c1-13-5-6-18(34-10-7-15(27)8-11-34)22(31-13)32-14(2)19-21(28)30-12-17(33-19)20-16(23(24,25)26)4-3-9-29-20/h3-6,9,12,15H,2,7-8,10-11,27H2,1H3,(H2,28,30)(H,31,32). The predicted molar refractivity (Wildman–Crippen MR) is 126 cm³/mol. The summed E-state index contributed by atoms with van der Waals surface area (Å²) >= 11 is 0.